The summed E-state index contributed by atoms with van der Waals surface area (Å²) in [6.45, 7) is 2.96. The summed E-state index contributed by atoms with van der Waals surface area (Å²) in [5, 5.41) is 9.12. The van der Waals surface area contributed by atoms with Crippen LogP contribution in [0.15, 0.2) is 6.07 Å². The van der Waals surface area contributed by atoms with Crippen molar-refractivity contribution in [3.05, 3.63) is 22.8 Å². The van der Waals surface area contributed by atoms with Gasteiger partial charge in [0.1, 0.15) is 22.6 Å². The maximum Gasteiger partial charge on any atom is 0.339 e. The highest BCUT2D eigenvalue weighted by Crippen LogP contribution is 2.35. The zero-order valence-corrected chi connectivity index (χ0v) is 10.2. The molecule has 92 valence electrons. The fraction of sp³-hybridized carbons (Fsp3) is 0.333. The SMILES string of the molecule is COc1cc(C)c(C(=O)O)c(OC)c1C(C)=O. The maximum absolute atomic E-state index is 11.5. The van der Waals surface area contributed by atoms with Crippen LogP contribution in [0.3, 0.4) is 0 Å². The fourth-order valence-electron chi connectivity index (χ4n) is 1.72. The molecule has 0 saturated heterocycles. The molecule has 0 aliphatic rings. The van der Waals surface area contributed by atoms with Crippen molar-refractivity contribution >= 4 is 11.8 Å². The van der Waals surface area contributed by atoms with Gasteiger partial charge in [0.25, 0.3) is 0 Å². The van der Waals surface area contributed by atoms with Crippen LogP contribution in [0.4, 0.5) is 0 Å². The second-order valence-corrected chi connectivity index (χ2v) is 3.54. The Hall–Kier alpha value is -2.04. The molecule has 1 rings (SSSR count). The van der Waals surface area contributed by atoms with E-state index >= 15 is 0 Å². The van der Waals surface area contributed by atoms with E-state index in [1.165, 1.54) is 27.2 Å². The molecular weight excluding hydrogens is 224 g/mol. The molecule has 1 aromatic carbocycles. The van der Waals surface area contributed by atoms with Crippen LogP contribution < -0.4 is 9.47 Å². The van der Waals surface area contributed by atoms with Gasteiger partial charge in [0.05, 0.1) is 14.2 Å². The largest absolute Gasteiger partial charge is 0.496 e. The molecule has 0 aliphatic heterocycles. The quantitative estimate of drug-likeness (QED) is 0.811. The Labute approximate surface area is 99.0 Å². The number of carbonyl (C=O) groups excluding carboxylic acids is 1. The number of methoxy groups -OCH3 is 2. The Morgan fingerprint density at radius 3 is 2.12 bits per heavy atom. The minimum absolute atomic E-state index is 0.0153. The summed E-state index contributed by atoms with van der Waals surface area (Å²) in [7, 11) is 2.74. The third kappa shape index (κ3) is 2.22. The zero-order chi connectivity index (χ0) is 13.2. The molecule has 5 nitrogen and oxygen atoms in total. The summed E-state index contributed by atoms with van der Waals surface area (Å²) in [5.74, 6) is -1.08. The number of hydrogen-bond donors (Lipinski definition) is 1. The third-order valence-electron chi connectivity index (χ3n) is 2.43. The van der Waals surface area contributed by atoms with Gasteiger partial charge in [-0.05, 0) is 25.5 Å². The number of rotatable bonds is 4. The molecule has 0 aromatic heterocycles. The van der Waals surface area contributed by atoms with E-state index in [2.05, 4.69) is 0 Å². The normalized spacial score (nSPS) is 9.88. The summed E-state index contributed by atoms with van der Waals surface area (Å²) >= 11 is 0. The second kappa shape index (κ2) is 4.86. The lowest BCUT2D eigenvalue weighted by atomic mass is 9.99. The Bertz CT molecular complexity index is 476. The van der Waals surface area contributed by atoms with E-state index in [0.29, 0.717) is 11.3 Å². The van der Waals surface area contributed by atoms with Gasteiger partial charge in [0.15, 0.2) is 5.78 Å². The zero-order valence-electron chi connectivity index (χ0n) is 10.2. The van der Waals surface area contributed by atoms with E-state index in [0.717, 1.165) is 0 Å². The smallest absolute Gasteiger partial charge is 0.339 e. The number of aromatic carboxylic acids is 1. The van der Waals surface area contributed by atoms with Crippen LogP contribution in [-0.4, -0.2) is 31.1 Å². The highest BCUT2D eigenvalue weighted by molar-refractivity contribution is 6.04. The van der Waals surface area contributed by atoms with Crippen molar-refractivity contribution in [2.45, 2.75) is 13.8 Å². The van der Waals surface area contributed by atoms with Crippen LogP contribution >= 0.6 is 0 Å². The molecule has 5 heteroatoms. The van der Waals surface area contributed by atoms with E-state index in [-0.39, 0.29) is 22.7 Å². The lowest BCUT2D eigenvalue weighted by Crippen LogP contribution is -2.10. The summed E-state index contributed by atoms with van der Waals surface area (Å²) in [4.78, 5) is 22.7. The number of ketones is 1. The van der Waals surface area contributed by atoms with Gasteiger partial charge in [0, 0.05) is 0 Å². The van der Waals surface area contributed by atoms with Gasteiger partial charge in [0.2, 0.25) is 0 Å². The number of carboxylic acids is 1. The van der Waals surface area contributed by atoms with Crippen LogP contribution in [0.2, 0.25) is 0 Å². The molecule has 0 aliphatic carbocycles. The summed E-state index contributed by atoms with van der Waals surface area (Å²) in [6, 6.07) is 1.52. The average molecular weight is 238 g/mol. The average Bonchev–Trinajstić information content (AvgIpc) is 2.25. The molecule has 0 saturated carbocycles. The number of carbonyl (C=O) groups is 2. The molecule has 0 heterocycles. The molecule has 17 heavy (non-hydrogen) atoms. The standard InChI is InChI=1S/C12H14O5/c1-6-5-8(16-3)10(7(2)13)11(17-4)9(6)12(14)15/h5H,1-4H3,(H,14,15). The Balaban J connectivity index is 3.71. The molecule has 0 bridgehead atoms. The van der Waals surface area contributed by atoms with Gasteiger partial charge < -0.3 is 14.6 Å². The Kier molecular flexibility index (Phi) is 3.73. The lowest BCUT2D eigenvalue weighted by molar-refractivity contribution is 0.0692. The van der Waals surface area contributed by atoms with Gasteiger partial charge in [-0.1, -0.05) is 0 Å². The van der Waals surface area contributed by atoms with Crippen molar-refractivity contribution in [2.24, 2.45) is 0 Å². The minimum Gasteiger partial charge on any atom is -0.496 e. The molecule has 0 amide bonds. The van der Waals surface area contributed by atoms with E-state index in [9.17, 15) is 9.59 Å². The van der Waals surface area contributed by atoms with Crippen LogP contribution in [0.25, 0.3) is 0 Å². The first-order valence-corrected chi connectivity index (χ1v) is 4.93. The van der Waals surface area contributed by atoms with Crippen LogP contribution in [0.1, 0.15) is 33.2 Å². The summed E-state index contributed by atoms with van der Waals surface area (Å²) in [5.41, 5.74) is 0.618. The summed E-state index contributed by atoms with van der Waals surface area (Å²) < 4.78 is 10.1. The Morgan fingerprint density at radius 1 is 1.18 bits per heavy atom. The van der Waals surface area contributed by atoms with Gasteiger partial charge in [-0.15, -0.1) is 0 Å². The molecule has 0 radical (unpaired) electrons. The molecule has 0 unspecified atom stereocenters. The highest BCUT2D eigenvalue weighted by Gasteiger charge is 2.24. The topological polar surface area (TPSA) is 72.8 Å². The molecule has 1 aromatic rings. The van der Waals surface area contributed by atoms with Gasteiger partial charge in [-0.3, -0.25) is 4.79 Å². The second-order valence-electron chi connectivity index (χ2n) is 3.54. The van der Waals surface area contributed by atoms with E-state index < -0.39 is 5.97 Å². The molecule has 0 atom stereocenters. The van der Waals surface area contributed by atoms with Crippen molar-refractivity contribution in [3.8, 4) is 11.5 Å². The first-order valence-electron chi connectivity index (χ1n) is 4.93. The van der Waals surface area contributed by atoms with Crippen molar-refractivity contribution in [1.82, 2.24) is 0 Å². The lowest BCUT2D eigenvalue weighted by Gasteiger charge is -2.15. The maximum atomic E-state index is 11.5. The van der Waals surface area contributed by atoms with E-state index in [1.54, 1.807) is 6.92 Å². The number of benzene rings is 1. The minimum atomic E-state index is -1.13. The van der Waals surface area contributed by atoms with Crippen molar-refractivity contribution in [3.63, 3.8) is 0 Å². The number of hydrogen-bond acceptors (Lipinski definition) is 4. The third-order valence-corrected chi connectivity index (χ3v) is 2.43. The monoisotopic (exact) mass is 238 g/mol. The van der Waals surface area contributed by atoms with E-state index in [1.807, 2.05) is 0 Å². The number of ether oxygens (including phenoxy) is 2. The van der Waals surface area contributed by atoms with Gasteiger partial charge in [-0.25, -0.2) is 4.79 Å². The summed E-state index contributed by atoms with van der Waals surface area (Å²) in [6.07, 6.45) is 0. The first-order chi connectivity index (χ1) is 7.93. The van der Waals surface area contributed by atoms with E-state index in [4.69, 9.17) is 14.6 Å². The first kappa shape index (κ1) is 13.0. The number of carboxylic acid groups (broad SMARTS) is 1. The highest BCUT2D eigenvalue weighted by atomic mass is 16.5. The van der Waals surface area contributed by atoms with Crippen molar-refractivity contribution < 1.29 is 24.2 Å². The van der Waals surface area contributed by atoms with Crippen LogP contribution in [0, 0.1) is 6.92 Å². The molecular formula is C12H14O5. The number of aryl methyl sites for hydroxylation is 1. The Morgan fingerprint density at radius 2 is 1.76 bits per heavy atom. The van der Waals surface area contributed by atoms with Gasteiger partial charge >= 0.3 is 5.97 Å². The van der Waals surface area contributed by atoms with Gasteiger partial charge in [-0.2, -0.15) is 0 Å². The molecule has 0 fully saturated rings. The fourth-order valence-corrected chi connectivity index (χ4v) is 1.72. The predicted molar refractivity (Wildman–Crippen MR) is 61.2 cm³/mol. The van der Waals surface area contributed by atoms with Crippen molar-refractivity contribution in [2.75, 3.05) is 14.2 Å². The van der Waals surface area contributed by atoms with Crippen LogP contribution in [-0.2, 0) is 0 Å². The molecule has 0 spiro atoms. The van der Waals surface area contributed by atoms with Crippen LogP contribution in [0.5, 0.6) is 11.5 Å². The van der Waals surface area contributed by atoms with Crippen molar-refractivity contribution in [1.29, 1.82) is 0 Å². The predicted octanol–water partition coefficient (Wildman–Crippen LogP) is 1.91. The number of Topliss-reactive ketones (excluding diaryl/α,β-unsaturated/α-hetero) is 1. The molecule has 1 N–H and O–H groups in total.